The fourth-order valence-corrected chi connectivity index (χ4v) is 3.19. The molecule has 98 valence electrons. The second-order valence-electron chi connectivity index (χ2n) is 5.67. The number of ether oxygens (including phenoxy) is 1. The van der Waals surface area contributed by atoms with Crippen LogP contribution in [0.1, 0.15) is 42.9 Å². The first kappa shape index (κ1) is 12.0. The van der Waals surface area contributed by atoms with Gasteiger partial charge < -0.3 is 16.2 Å². The van der Waals surface area contributed by atoms with Crippen LogP contribution >= 0.6 is 0 Å². The van der Waals surface area contributed by atoms with Crippen molar-refractivity contribution in [3.63, 3.8) is 0 Å². The lowest BCUT2D eigenvalue weighted by Gasteiger charge is -2.30. The van der Waals surface area contributed by atoms with E-state index in [0.29, 0.717) is 12.0 Å². The highest BCUT2D eigenvalue weighted by atomic mass is 16.5. The minimum absolute atomic E-state index is 0.156. The summed E-state index contributed by atoms with van der Waals surface area (Å²) >= 11 is 0. The normalized spacial score (nSPS) is 28.6. The summed E-state index contributed by atoms with van der Waals surface area (Å²) in [6, 6.07) is 6.99. The summed E-state index contributed by atoms with van der Waals surface area (Å²) in [6.07, 6.45) is 5.58. The summed E-state index contributed by atoms with van der Waals surface area (Å²) in [7, 11) is 0. The Balaban J connectivity index is 1.74. The topological polar surface area (TPSA) is 61.3 Å². The van der Waals surface area contributed by atoms with Crippen LogP contribution in [0.2, 0.25) is 0 Å². The zero-order valence-corrected chi connectivity index (χ0v) is 10.8. The molecule has 0 amide bonds. The molecule has 1 unspecified atom stereocenters. The molecule has 3 rings (SSSR count). The predicted octanol–water partition coefficient (Wildman–Crippen LogP) is 2.14. The van der Waals surface area contributed by atoms with Crippen LogP contribution < -0.4 is 16.2 Å². The van der Waals surface area contributed by atoms with Crippen molar-refractivity contribution in [2.45, 2.75) is 44.2 Å². The Labute approximate surface area is 108 Å². The molecule has 3 nitrogen and oxygen atoms in total. The second kappa shape index (κ2) is 4.90. The first-order valence-corrected chi connectivity index (χ1v) is 7.01. The number of fused-ring (bicyclic) bond motifs is 1. The lowest BCUT2D eigenvalue weighted by molar-refractivity contribution is 0.285. The maximum absolute atomic E-state index is 6.43. The molecule has 1 atom stereocenters. The van der Waals surface area contributed by atoms with E-state index in [-0.39, 0.29) is 6.04 Å². The Kier molecular flexibility index (Phi) is 3.27. The Morgan fingerprint density at radius 1 is 1.17 bits per heavy atom. The van der Waals surface area contributed by atoms with Gasteiger partial charge >= 0.3 is 0 Å². The van der Waals surface area contributed by atoms with Gasteiger partial charge in [-0.05, 0) is 48.8 Å². The summed E-state index contributed by atoms with van der Waals surface area (Å²) in [5.41, 5.74) is 15.0. The fourth-order valence-electron chi connectivity index (χ4n) is 3.19. The second-order valence-corrected chi connectivity index (χ2v) is 5.67. The van der Waals surface area contributed by atoms with Crippen molar-refractivity contribution in [3.8, 4) is 5.75 Å². The molecule has 0 radical (unpaired) electrons. The van der Waals surface area contributed by atoms with Gasteiger partial charge in [-0.15, -0.1) is 0 Å². The maximum atomic E-state index is 6.43. The van der Waals surface area contributed by atoms with Gasteiger partial charge in [-0.2, -0.15) is 0 Å². The van der Waals surface area contributed by atoms with Crippen LogP contribution in [0.3, 0.4) is 0 Å². The van der Waals surface area contributed by atoms with Gasteiger partial charge in [0.15, 0.2) is 0 Å². The van der Waals surface area contributed by atoms with Crippen molar-refractivity contribution in [1.29, 1.82) is 0 Å². The van der Waals surface area contributed by atoms with E-state index in [4.69, 9.17) is 16.2 Å². The van der Waals surface area contributed by atoms with E-state index in [0.717, 1.165) is 44.5 Å². The zero-order chi connectivity index (χ0) is 12.5. The molecule has 1 aliphatic carbocycles. The molecule has 3 heteroatoms. The molecule has 0 saturated heterocycles. The molecule has 18 heavy (non-hydrogen) atoms. The van der Waals surface area contributed by atoms with Crippen molar-refractivity contribution in [2.24, 2.45) is 17.4 Å². The van der Waals surface area contributed by atoms with Crippen molar-refractivity contribution in [3.05, 3.63) is 29.3 Å². The minimum atomic E-state index is 0.156. The highest BCUT2D eigenvalue weighted by molar-refractivity contribution is 5.40. The zero-order valence-electron chi connectivity index (χ0n) is 10.8. The summed E-state index contributed by atoms with van der Waals surface area (Å²) in [4.78, 5) is 0. The van der Waals surface area contributed by atoms with E-state index < -0.39 is 0 Å². The molecular weight excluding hydrogens is 224 g/mol. The first-order chi connectivity index (χ1) is 8.74. The molecular formula is C15H22N2O. The molecule has 1 aromatic rings. The SMILES string of the molecule is NC1CCC(C(N)c2ccc3c(c2)CCO3)CC1. The third kappa shape index (κ3) is 2.25. The Bertz CT molecular complexity index is 425. The Morgan fingerprint density at radius 3 is 2.72 bits per heavy atom. The van der Waals surface area contributed by atoms with Crippen LogP contribution in [0.25, 0.3) is 0 Å². The van der Waals surface area contributed by atoms with Crippen molar-refractivity contribution < 1.29 is 4.74 Å². The van der Waals surface area contributed by atoms with Gasteiger partial charge in [0.1, 0.15) is 5.75 Å². The van der Waals surface area contributed by atoms with Crippen LogP contribution in [-0.4, -0.2) is 12.6 Å². The van der Waals surface area contributed by atoms with Crippen molar-refractivity contribution in [2.75, 3.05) is 6.61 Å². The largest absolute Gasteiger partial charge is 0.493 e. The molecule has 0 bridgehead atoms. The standard InChI is InChI=1S/C15H22N2O/c16-13-4-1-10(2-5-13)15(17)12-3-6-14-11(9-12)7-8-18-14/h3,6,9-10,13,15H,1-2,4-5,7-8,16-17H2. The fraction of sp³-hybridized carbons (Fsp3) is 0.600. The average molecular weight is 246 g/mol. The van der Waals surface area contributed by atoms with E-state index in [1.54, 1.807) is 0 Å². The minimum Gasteiger partial charge on any atom is -0.493 e. The molecule has 1 saturated carbocycles. The van der Waals surface area contributed by atoms with Gasteiger partial charge in [0.05, 0.1) is 6.61 Å². The number of rotatable bonds is 2. The summed E-state index contributed by atoms with van der Waals surface area (Å²) in [6.45, 7) is 0.812. The molecule has 1 fully saturated rings. The summed E-state index contributed by atoms with van der Waals surface area (Å²) in [5, 5.41) is 0. The summed E-state index contributed by atoms with van der Waals surface area (Å²) in [5.74, 6) is 1.63. The van der Waals surface area contributed by atoms with Crippen molar-refractivity contribution >= 4 is 0 Å². The molecule has 1 aromatic carbocycles. The number of hydrogen-bond donors (Lipinski definition) is 2. The van der Waals surface area contributed by atoms with E-state index in [9.17, 15) is 0 Å². The van der Waals surface area contributed by atoms with Crippen molar-refractivity contribution in [1.82, 2.24) is 0 Å². The highest BCUT2D eigenvalue weighted by Gasteiger charge is 2.25. The van der Waals surface area contributed by atoms with Crippen LogP contribution in [0.4, 0.5) is 0 Å². The predicted molar refractivity (Wildman–Crippen MR) is 72.5 cm³/mol. The molecule has 1 heterocycles. The number of hydrogen-bond acceptors (Lipinski definition) is 3. The molecule has 0 spiro atoms. The van der Waals surface area contributed by atoms with E-state index in [2.05, 4.69) is 18.2 Å². The quantitative estimate of drug-likeness (QED) is 0.840. The average Bonchev–Trinajstić information content (AvgIpc) is 2.86. The van der Waals surface area contributed by atoms with Gasteiger partial charge in [0, 0.05) is 18.5 Å². The highest BCUT2D eigenvalue weighted by Crippen LogP contribution is 2.35. The van der Waals surface area contributed by atoms with E-state index in [1.165, 1.54) is 11.1 Å². The van der Waals surface area contributed by atoms with Gasteiger partial charge in [0.25, 0.3) is 0 Å². The van der Waals surface area contributed by atoms with Crippen LogP contribution in [0.15, 0.2) is 18.2 Å². The maximum Gasteiger partial charge on any atom is 0.122 e. The van der Waals surface area contributed by atoms with Gasteiger partial charge in [-0.25, -0.2) is 0 Å². The molecule has 4 N–H and O–H groups in total. The van der Waals surface area contributed by atoms with Gasteiger partial charge in [-0.1, -0.05) is 12.1 Å². The Hall–Kier alpha value is -1.06. The summed E-state index contributed by atoms with van der Waals surface area (Å²) < 4.78 is 5.54. The lowest BCUT2D eigenvalue weighted by Crippen LogP contribution is -2.31. The lowest BCUT2D eigenvalue weighted by atomic mass is 9.79. The Morgan fingerprint density at radius 2 is 1.94 bits per heavy atom. The van der Waals surface area contributed by atoms with Crippen LogP contribution in [0, 0.1) is 5.92 Å². The first-order valence-electron chi connectivity index (χ1n) is 7.01. The van der Waals surface area contributed by atoms with Gasteiger partial charge in [0.2, 0.25) is 0 Å². The molecule has 2 aliphatic rings. The monoisotopic (exact) mass is 246 g/mol. The van der Waals surface area contributed by atoms with E-state index in [1.807, 2.05) is 0 Å². The van der Waals surface area contributed by atoms with Gasteiger partial charge in [-0.3, -0.25) is 0 Å². The van der Waals surface area contributed by atoms with Crippen LogP contribution in [0.5, 0.6) is 5.75 Å². The third-order valence-corrected chi connectivity index (χ3v) is 4.42. The molecule has 0 aromatic heterocycles. The number of nitrogens with two attached hydrogens (primary N) is 2. The number of benzene rings is 1. The smallest absolute Gasteiger partial charge is 0.122 e. The molecule has 1 aliphatic heterocycles. The van der Waals surface area contributed by atoms with E-state index >= 15 is 0 Å². The van der Waals surface area contributed by atoms with Crippen LogP contribution in [-0.2, 0) is 6.42 Å². The third-order valence-electron chi connectivity index (χ3n) is 4.42.